The molecule has 1 aromatic heterocycles. The molecule has 0 radical (unpaired) electrons. The van der Waals surface area contributed by atoms with Gasteiger partial charge in [0.05, 0.1) is 20.2 Å². The van der Waals surface area contributed by atoms with E-state index in [0.29, 0.717) is 6.04 Å². The Bertz CT molecular complexity index is 369. The topological polar surface area (TPSA) is 68.1 Å². The fraction of sp³-hybridized carbons (Fsp3) is 0.917. The van der Waals surface area contributed by atoms with Gasteiger partial charge in [-0.2, -0.15) is 4.80 Å². The molecule has 7 heteroatoms. The summed E-state index contributed by atoms with van der Waals surface area (Å²) in [6, 6.07) is 0.564. The van der Waals surface area contributed by atoms with Gasteiger partial charge < -0.3 is 10.1 Å². The maximum Gasteiger partial charge on any atom is 0.188 e. The predicted molar refractivity (Wildman–Crippen MR) is 71.6 cm³/mol. The van der Waals surface area contributed by atoms with Crippen LogP contribution in [0.2, 0.25) is 0 Å². The number of aromatic nitrogens is 4. The second kappa shape index (κ2) is 7.52. The van der Waals surface area contributed by atoms with Crippen LogP contribution in [0.4, 0.5) is 0 Å². The Balaban J connectivity index is 1.81. The zero-order valence-electron chi connectivity index (χ0n) is 11.9. The van der Waals surface area contributed by atoms with Crippen molar-refractivity contribution in [2.45, 2.75) is 31.8 Å². The summed E-state index contributed by atoms with van der Waals surface area (Å²) in [6.07, 6.45) is 3.80. The summed E-state index contributed by atoms with van der Waals surface area (Å²) in [5.41, 5.74) is 0. The number of aryl methyl sites for hydroxylation is 1. The highest BCUT2D eigenvalue weighted by Gasteiger charge is 2.23. The van der Waals surface area contributed by atoms with E-state index in [9.17, 15) is 0 Å². The molecular weight excluding hydrogens is 244 g/mol. The zero-order chi connectivity index (χ0) is 13.5. The molecule has 1 aromatic rings. The summed E-state index contributed by atoms with van der Waals surface area (Å²) in [6.45, 7) is 4.59. The predicted octanol–water partition coefficient (Wildman–Crippen LogP) is -0.199. The summed E-state index contributed by atoms with van der Waals surface area (Å²) in [4.78, 5) is 3.98. The van der Waals surface area contributed by atoms with Crippen LogP contribution >= 0.6 is 0 Å². The lowest BCUT2D eigenvalue weighted by molar-refractivity contribution is 0.130. The molecule has 2 rings (SSSR count). The smallest absolute Gasteiger partial charge is 0.188 e. The number of piperidine rings is 1. The van der Waals surface area contributed by atoms with Crippen molar-refractivity contribution >= 4 is 0 Å². The molecule has 2 heterocycles. The van der Waals surface area contributed by atoms with Crippen LogP contribution in [0.5, 0.6) is 0 Å². The second-order valence-electron chi connectivity index (χ2n) is 5.01. The van der Waals surface area contributed by atoms with Crippen LogP contribution in [0.3, 0.4) is 0 Å². The Labute approximate surface area is 114 Å². The van der Waals surface area contributed by atoms with Crippen molar-refractivity contribution in [2.24, 2.45) is 7.05 Å². The Kier molecular flexibility index (Phi) is 5.68. The molecule has 0 aliphatic carbocycles. The van der Waals surface area contributed by atoms with Crippen molar-refractivity contribution in [1.82, 2.24) is 30.4 Å². The number of methoxy groups -OCH3 is 1. The van der Waals surface area contributed by atoms with Gasteiger partial charge in [0, 0.05) is 26.2 Å². The Morgan fingerprint density at radius 2 is 2.32 bits per heavy atom. The molecule has 1 N–H and O–H groups in total. The lowest BCUT2D eigenvalue weighted by atomic mass is 10.0. The van der Waals surface area contributed by atoms with E-state index < -0.39 is 0 Å². The van der Waals surface area contributed by atoms with Crippen LogP contribution in [0.15, 0.2) is 0 Å². The average Bonchev–Trinajstić information content (AvgIpc) is 2.82. The number of ether oxygens (including phenoxy) is 1. The molecule has 1 fully saturated rings. The first-order valence-corrected chi connectivity index (χ1v) is 6.96. The van der Waals surface area contributed by atoms with E-state index in [4.69, 9.17) is 4.74 Å². The van der Waals surface area contributed by atoms with Crippen LogP contribution < -0.4 is 5.32 Å². The monoisotopic (exact) mass is 268 g/mol. The minimum Gasteiger partial charge on any atom is -0.383 e. The van der Waals surface area contributed by atoms with Gasteiger partial charge in [-0.25, -0.2) is 0 Å². The minimum atomic E-state index is 0.564. The van der Waals surface area contributed by atoms with Gasteiger partial charge in [-0.1, -0.05) is 6.42 Å². The number of likely N-dealkylation sites (tertiary alicyclic amines) is 1. The third-order valence-corrected chi connectivity index (χ3v) is 3.51. The van der Waals surface area contributed by atoms with Crippen LogP contribution in [0, 0.1) is 0 Å². The summed E-state index contributed by atoms with van der Waals surface area (Å²) < 4.78 is 5.05. The van der Waals surface area contributed by atoms with Gasteiger partial charge in [-0.15, -0.1) is 10.2 Å². The van der Waals surface area contributed by atoms with Crippen molar-refractivity contribution in [3.8, 4) is 0 Å². The average molecular weight is 268 g/mol. The second-order valence-corrected chi connectivity index (χ2v) is 5.01. The molecule has 1 saturated heterocycles. The molecule has 1 unspecified atom stereocenters. The van der Waals surface area contributed by atoms with E-state index in [1.807, 2.05) is 0 Å². The normalized spacial score (nSPS) is 20.8. The maximum absolute atomic E-state index is 5.05. The Morgan fingerprint density at radius 3 is 3.05 bits per heavy atom. The van der Waals surface area contributed by atoms with Gasteiger partial charge in [0.2, 0.25) is 0 Å². The van der Waals surface area contributed by atoms with Gasteiger partial charge in [-0.05, 0) is 24.6 Å². The molecule has 1 atom stereocenters. The van der Waals surface area contributed by atoms with Crippen LogP contribution in [-0.4, -0.2) is 64.5 Å². The lowest BCUT2D eigenvalue weighted by Gasteiger charge is -2.35. The third-order valence-electron chi connectivity index (χ3n) is 3.51. The number of nitrogens with one attached hydrogen (secondary N) is 1. The fourth-order valence-corrected chi connectivity index (χ4v) is 2.51. The number of tetrazole rings is 1. The molecule has 0 bridgehead atoms. The standard InChI is InChI=1S/C12H24N6O/c1-17-15-12(14-16-17)10-18-7-4-3-5-11(18)9-13-6-8-19-2/h11,13H,3-10H2,1-2H3. The van der Waals surface area contributed by atoms with Crippen molar-refractivity contribution in [3.05, 3.63) is 5.82 Å². The van der Waals surface area contributed by atoms with Gasteiger partial charge in [0.25, 0.3) is 0 Å². The highest BCUT2D eigenvalue weighted by atomic mass is 16.5. The first-order valence-electron chi connectivity index (χ1n) is 6.96. The van der Waals surface area contributed by atoms with Gasteiger partial charge in [0.15, 0.2) is 5.82 Å². The molecule has 0 aromatic carbocycles. The fourth-order valence-electron chi connectivity index (χ4n) is 2.51. The van der Waals surface area contributed by atoms with Gasteiger partial charge in [-0.3, -0.25) is 4.90 Å². The summed E-state index contributed by atoms with van der Waals surface area (Å²) in [5.74, 6) is 0.811. The SMILES string of the molecule is COCCNCC1CCCCN1Cc1nnn(C)n1. The minimum absolute atomic E-state index is 0.564. The van der Waals surface area contributed by atoms with Crippen molar-refractivity contribution in [2.75, 3.05) is 33.4 Å². The highest BCUT2D eigenvalue weighted by Crippen LogP contribution is 2.17. The zero-order valence-corrected chi connectivity index (χ0v) is 11.9. The summed E-state index contributed by atoms with van der Waals surface area (Å²) >= 11 is 0. The number of rotatable bonds is 7. The first-order chi connectivity index (χ1) is 9.29. The molecule has 0 saturated carbocycles. The Hall–Kier alpha value is -1.05. The van der Waals surface area contributed by atoms with Crippen molar-refractivity contribution in [3.63, 3.8) is 0 Å². The third kappa shape index (κ3) is 4.52. The number of nitrogens with zero attached hydrogens (tertiary/aromatic N) is 5. The number of hydrogen-bond donors (Lipinski definition) is 1. The molecular formula is C12H24N6O. The van der Waals surface area contributed by atoms with E-state index in [1.165, 1.54) is 24.1 Å². The van der Waals surface area contributed by atoms with Gasteiger partial charge >= 0.3 is 0 Å². The molecule has 19 heavy (non-hydrogen) atoms. The van der Waals surface area contributed by atoms with E-state index in [2.05, 4.69) is 25.6 Å². The van der Waals surface area contributed by atoms with Crippen molar-refractivity contribution < 1.29 is 4.74 Å². The molecule has 1 aliphatic rings. The molecule has 108 valence electrons. The van der Waals surface area contributed by atoms with E-state index in [0.717, 1.165) is 38.6 Å². The molecule has 1 aliphatic heterocycles. The largest absolute Gasteiger partial charge is 0.383 e. The quantitative estimate of drug-likeness (QED) is 0.691. The lowest BCUT2D eigenvalue weighted by Crippen LogP contribution is -2.45. The molecule has 0 amide bonds. The molecule has 0 spiro atoms. The Morgan fingerprint density at radius 1 is 1.42 bits per heavy atom. The van der Waals surface area contributed by atoms with Crippen molar-refractivity contribution in [1.29, 1.82) is 0 Å². The van der Waals surface area contributed by atoms with Crippen LogP contribution in [0.25, 0.3) is 0 Å². The van der Waals surface area contributed by atoms with Crippen LogP contribution in [-0.2, 0) is 18.3 Å². The first kappa shape index (κ1) is 14.4. The summed E-state index contributed by atoms with van der Waals surface area (Å²) in [5, 5.41) is 15.7. The van der Waals surface area contributed by atoms with E-state index in [-0.39, 0.29) is 0 Å². The van der Waals surface area contributed by atoms with Gasteiger partial charge in [0.1, 0.15) is 0 Å². The number of hydrogen-bond acceptors (Lipinski definition) is 6. The van der Waals surface area contributed by atoms with E-state index >= 15 is 0 Å². The highest BCUT2D eigenvalue weighted by molar-refractivity contribution is 4.84. The molecule has 7 nitrogen and oxygen atoms in total. The summed E-state index contributed by atoms with van der Waals surface area (Å²) in [7, 11) is 3.53. The van der Waals surface area contributed by atoms with Crippen LogP contribution in [0.1, 0.15) is 25.1 Å². The maximum atomic E-state index is 5.05. The van der Waals surface area contributed by atoms with E-state index in [1.54, 1.807) is 14.2 Å².